The first-order valence-corrected chi connectivity index (χ1v) is 10.1. The van der Waals surface area contributed by atoms with E-state index in [4.69, 9.17) is 14.2 Å². The number of benzene rings is 1. The van der Waals surface area contributed by atoms with E-state index in [2.05, 4.69) is 24.1 Å². The predicted molar refractivity (Wildman–Crippen MR) is 110 cm³/mol. The summed E-state index contributed by atoms with van der Waals surface area (Å²) in [6.07, 6.45) is 0.731. The van der Waals surface area contributed by atoms with Gasteiger partial charge in [0.25, 0.3) is 0 Å². The monoisotopic (exact) mass is 404 g/mol. The average Bonchev–Trinajstić information content (AvgIpc) is 3.03. The number of ether oxygens (including phenoxy) is 3. The Balaban J connectivity index is 1.77. The summed E-state index contributed by atoms with van der Waals surface area (Å²) in [5, 5.41) is 3.62. The molecule has 1 aromatic carbocycles. The number of nitrogens with one attached hydrogen (secondary N) is 3. The quantitative estimate of drug-likeness (QED) is 0.606. The summed E-state index contributed by atoms with van der Waals surface area (Å²) >= 11 is 0. The number of aromatic nitrogens is 1. The number of hydrogen-bond acceptors (Lipinski definition) is 5. The zero-order valence-corrected chi connectivity index (χ0v) is 17.5. The van der Waals surface area contributed by atoms with Crippen LogP contribution in [0.15, 0.2) is 18.2 Å². The van der Waals surface area contributed by atoms with Crippen molar-refractivity contribution in [2.75, 3.05) is 38.7 Å². The summed E-state index contributed by atoms with van der Waals surface area (Å²) in [4.78, 5) is 29.5. The minimum absolute atomic E-state index is 0.140. The Hall–Kier alpha value is -2.58. The number of quaternary nitrogens is 1. The van der Waals surface area contributed by atoms with Crippen molar-refractivity contribution < 1.29 is 28.7 Å². The number of H-pyrrole nitrogens is 1. The van der Waals surface area contributed by atoms with E-state index in [0.717, 1.165) is 18.6 Å². The van der Waals surface area contributed by atoms with Crippen LogP contribution in [-0.4, -0.2) is 62.4 Å². The molecule has 29 heavy (non-hydrogen) atoms. The van der Waals surface area contributed by atoms with Crippen LogP contribution in [0.2, 0.25) is 0 Å². The Labute approximate surface area is 170 Å². The summed E-state index contributed by atoms with van der Waals surface area (Å²) in [6.45, 7) is 8.59. The molecule has 1 aromatic heterocycles. The fourth-order valence-corrected chi connectivity index (χ4v) is 3.87. The van der Waals surface area contributed by atoms with E-state index in [1.54, 1.807) is 26.2 Å². The highest BCUT2D eigenvalue weighted by Gasteiger charge is 2.26. The first-order chi connectivity index (χ1) is 13.9. The Kier molecular flexibility index (Phi) is 6.76. The van der Waals surface area contributed by atoms with Gasteiger partial charge in [0, 0.05) is 10.9 Å². The molecule has 1 amide bonds. The molecule has 0 bridgehead atoms. The third-order valence-corrected chi connectivity index (χ3v) is 5.07. The molecule has 2 aromatic rings. The van der Waals surface area contributed by atoms with Gasteiger partial charge < -0.3 is 29.4 Å². The fourth-order valence-electron chi connectivity index (χ4n) is 3.87. The van der Waals surface area contributed by atoms with Crippen molar-refractivity contribution >= 4 is 28.5 Å². The SMILES string of the molecule is CCOC(=O)c1[nH]c2ccc(OC)cc2c1NC(=O)CC[NH+]1C[C@@H](C)O[C@@H](C)C1. The van der Waals surface area contributed by atoms with Crippen molar-refractivity contribution in [2.45, 2.75) is 39.4 Å². The minimum atomic E-state index is -0.501. The number of methoxy groups -OCH3 is 1. The van der Waals surface area contributed by atoms with Gasteiger partial charge in [-0.2, -0.15) is 0 Å². The molecule has 8 nitrogen and oxygen atoms in total. The van der Waals surface area contributed by atoms with Crippen molar-refractivity contribution in [1.29, 1.82) is 0 Å². The summed E-state index contributed by atoms with van der Waals surface area (Å²) in [5.41, 5.74) is 1.40. The highest BCUT2D eigenvalue weighted by atomic mass is 16.5. The number of hydrogen-bond donors (Lipinski definition) is 3. The Morgan fingerprint density at radius 2 is 2.00 bits per heavy atom. The van der Waals surface area contributed by atoms with Gasteiger partial charge in [-0.05, 0) is 39.0 Å². The third kappa shape index (κ3) is 5.07. The van der Waals surface area contributed by atoms with E-state index in [-0.39, 0.29) is 30.4 Å². The molecule has 3 rings (SSSR count). The van der Waals surface area contributed by atoms with Crippen LogP contribution in [0.5, 0.6) is 5.75 Å². The maximum atomic E-state index is 12.7. The Morgan fingerprint density at radius 3 is 2.66 bits per heavy atom. The number of rotatable bonds is 7. The summed E-state index contributed by atoms with van der Waals surface area (Å²) < 4.78 is 16.2. The van der Waals surface area contributed by atoms with Crippen LogP contribution < -0.4 is 15.0 Å². The Bertz CT molecular complexity index is 869. The number of carbonyl (C=O) groups is 2. The second-order valence-electron chi connectivity index (χ2n) is 7.47. The molecular weight excluding hydrogens is 374 g/mol. The van der Waals surface area contributed by atoms with E-state index >= 15 is 0 Å². The maximum absolute atomic E-state index is 12.7. The van der Waals surface area contributed by atoms with Crippen molar-refractivity contribution in [3.63, 3.8) is 0 Å². The maximum Gasteiger partial charge on any atom is 0.356 e. The number of aromatic amines is 1. The highest BCUT2D eigenvalue weighted by Crippen LogP contribution is 2.31. The molecule has 2 heterocycles. The third-order valence-electron chi connectivity index (χ3n) is 5.07. The lowest BCUT2D eigenvalue weighted by Gasteiger charge is -2.32. The molecule has 0 aliphatic carbocycles. The molecule has 1 fully saturated rings. The average molecular weight is 404 g/mol. The largest absolute Gasteiger partial charge is 0.497 e. The van der Waals surface area contributed by atoms with Crippen LogP contribution in [0.3, 0.4) is 0 Å². The Morgan fingerprint density at radius 1 is 1.28 bits per heavy atom. The fraction of sp³-hybridized carbons (Fsp3) is 0.524. The first-order valence-electron chi connectivity index (χ1n) is 10.1. The molecule has 1 saturated heterocycles. The van der Waals surface area contributed by atoms with Gasteiger partial charge in [0.15, 0.2) is 0 Å². The van der Waals surface area contributed by atoms with Crippen molar-refractivity contribution in [3.05, 3.63) is 23.9 Å². The lowest BCUT2D eigenvalue weighted by atomic mass is 10.2. The van der Waals surface area contributed by atoms with Gasteiger partial charge in [-0.15, -0.1) is 0 Å². The molecule has 0 radical (unpaired) electrons. The van der Waals surface area contributed by atoms with E-state index in [9.17, 15) is 9.59 Å². The van der Waals surface area contributed by atoms with Gasteiger partial charge in [0.2, 0.25) is 5.91 Å². The van der Waals surface area contributed by atoms with Crippen LogP contribution >= 0.6 is 0 Å². The molecule has 3 atom stereocenters. The number of fused-ring (bicyclic) bond motifs is 1. The molecule has 8 heteroatoms. The smallest absolute Gasteiger partial charge is 0.356 e. The van der Waals surface area contributed by atoms with Crippen molar-refractivity contribution in [1.82, 2.24) is 4.98 Å². The highest BCUT2D eigenvalue weighted by molar-refractivity contribution is 6.11. The standard InChI is InChI=1S/C21H29N3O5/c1-5-28-21(26)20-19(16-10-15(27-4)6-7-17(16)22-20)23-18(25)8-9-24-11-13(2)29-14(3)12-24/h6-7,10,13-14,22H,5,8-9,11-12H2,1-4H3,(H,23,25)/p+1/t13-,14+. The van der Waals surface area contributed by atoms with Gasteiger partial charge in [-0.1, -0.05) is 0 Å². The van der Waals surface area contributed by atoms with E-state index < -0.39 is 5.97 Å². The van der Waals surface area contributed by atoms with E-state index in [1.165, 1.54) is 4.90 Å². The van der Waals surface area contributed by atoms with E-state index in [1.807, 2.05) is 6.07 Å². The molecular formula is C21H30N3O5+. The number of carbonyl (C=O) groups excluding carboxylic acids is 2. The number of anilines is 1. The minimum Gasteiger partial charge on any atom is -0.497 e. The van der Waals surface area contributed by atoms with Crippen LogP contribution in [0.4, 0.5) is 5.69 Å². The van der Waals surface area contributed by atoms with Gasteiger partial charge in [-0.25, -0.2) is 4.79 Å². The molecule has 158 valence electrons. The van der Waals surface area contributed by atoms with Crippen LogP contribution in [0, 0.1) is 0 Å². The zero-order chi connectivity index (χ0) is 21.0. The second-order valence-corrected chi connectivity index (χ2v) is 7.47. The predicted octanol–water partition coefficient (Wildman–Crippen LogP) is 1.37. The number of amides is 1. The van der Waals surface area contributed by atoms with E-state index in [0.29, 0.717) is 29.8 Å². The van der Waals surface area contributed by atoms with Gasteiger partial charge >= 0.3 is 5.97 Å². The molecule has 3 N–H and O–H groups in total. The summed E-state index contributed by atoms with van der Waals surface area (Å²) in [6, 6.07) is 5.40. The van der Waals surface area contributed by atoms with Gasteiger partial charge in [-0.3, -0.25) is 4.79 Å². The molecule has 1 aliphatic heterocycles. The van der Waals surface area contributed by atoms with Crippen molar-refractivity contribution in [3.8, 4) is 5.75 Å². The van der Waals surface area contributed by atoms with Crippen LogP contribution in [-0.2, 0) is 14.3 Å². The van der Waals surface area contributed by atoms with Gasteiger partial charge in [0.1, 0.15) is 36.7 Å². The second kappa shape index (κ2) is 9.28. The molecule has 0 saturated carbocycles. The lowest BCUT2D eigenvalue weighted by molar-refractivity contribution is -0.914. The molecule has 0 spiro atoms. The van der Waals surface area contributed by atoms with Crippen LogP contribution in [0.1, 0.15) is 37.7 Å². The molecule has 1 aliphatic rings. The zero-order valence-electron chi connectivity index (χ0n) is 17.5. The first kappa shape index (κ1) is 21.1. The molecule has 1 unspecified atom stereocenters. The summed E-state index contributed by atoms with van der Waals surface area (Å²) in [7, 11) is 1.57. The van der Waals surface area contributed by atoms with Gasteiger partial charge in [0.05, 0.1) is 32.4 Å². The number of morpholine rings is 1. The summed E-state index contributed by atoms with van der Waals surface area (Å²) in [5.74, 6) is 0.00105. The van der Waals surface area contributed by atoms with Crippen molar-refractivity contribution in [2.24, 2.45) is 0 Å². The topological polar surface area (TPSA) is 94.1 Å². The number of esters is 1. The normalized spacial score (nSPS) is 21.7. The lowest BCUT2D eigenvalue weighted by Crippen LogP contribution is -3.15. The van der Waals surface area contributed by atoms with Crippen LogP contribution in [0.25, 0.3) is 10.9 Å².